The first-order valence-electron chi connectivity index (χ1n) is 10.8. The van der Waals surface area contributed by atoms with Crippen LogP contribution in [0.5, 0.6) is 0 Å². The van der Waals surface area contributed by atoms with E-state index >= 15 is 0 Å². The summed E-state index contributed by atoms with van der Waals surface area (Å²) in [4.78, 5) is 25.6. The van der Waals surface area contributed by atoms with Crippen molar-refractivity contribution in [3.8, 4) is 11.3 Å². The first kappa shape index (κ1) is 22.3. The molecule has 0 spiro atoms. The number of fused-ring (bicyclic) bond motifs is 1. The van der Waals surface area contributed by atoms with Crippen LogP contribution in [0, 0.1) is 0 Å². The summed E-state index contributed by atoms with van der Waals surface area (Å²) in [6.45, 7) is 4.03. The van der Waals surface area contributed by atoms with Crippen molar-refractivity contribution in [3.05, 3.63) is 40.9 Å². The number of amides is 1. The van der Waals surface area contributed by atoms with E-state index in [0.29, 0.717) is 37.2 Å². The predicted octanol–water partition coefficient (Wildman–Crippen LogP) is 3.62. The second-order valence-electron chi connectivity index (χ2n) is 8.43. The van der Waals surface area contributed by atoms with Gasteiger partial charge in [-0.05, 0) is 44.7 Å². The molecule has 2 aliphatic heterocycles. The minimum absolute atomic E-state index is 0.0479. The predicted molar refractivity (Wildman–Crippen MR) is 115 cm³/mol. The Morgan fingerprint density at radius 3 is 2.81 bits per heavy atom. The van der Waals surface area contributed by atoms with Gasteiger partial charge in [0, 0.05) is 44.1 Å². The van der Waals surface area contributed by atoms with E-state index in [0.717, 1.165) is 31.2 Å². The fraction of sp³-hybridized carbons (Fsp3) is 0.500. The zero-order valence-corrected chi connectivity index (χ0v) is 18.1. The molecule has 0 saturated carbocycles. The topological polar surface area (TPSA) is 85.9 Å². The summed E-state index contributed by atoms with van der Waals surface area (Å²) in [5, 5.41) is 6.41. The summed E-state index contributed by atoms with van der Waals surface area (Å²) in [6.07, 6.45) is 2.57. The fourth-order valence-electron chi connectivity index (χ4n) is 4.13. The first-order valence-corrected chi connectivity index (χ1v) is 10.8. The number of carbonyl (C=O) groups excluding carboxylic acids is 1. The molecule has 4 heterocycles. The van der Waals surface area contributed by atoms with Gasteiger partial charge in [0.05, 0.1) is 5.69 Å². The Morgan fingerprint density at radius 2 is 2.09 bits per heavy atom. The summed E-state index contributed by atoms with van der Waals surface area (Å²) in [6, 6.07) is 0.0479. The van der Waals surface area contributed by atoms with Gasteiger partial charge < -0.3 is 20.5 Å². The highest BCUT2D eigenvalue weighted by molar-refractivity contribution is 5.96. The van der Waals surface area contributed by atoms with Gasteiger partial charge in [-0.25, -0.2) is 9.97 Å². The zero-order chi connectivity index (χ0) is 22.9. The number of nitrogens with zero attached hydrogens (tertiary/aromatic N) is 3. The summed E-state index contributed by atoms with van der Waals surface area (Å²) in [5.41, 5.74) is 1.09. The molecule has 10 heteroatoms. The fourth-order valence-corrected chi connectivity index (χ4v) is 4.13. The summed E-state index contributed by atoms with van der Waals surface area (Å²) in [7, 11) is 1.67. The Bertz CT molecular complexity index is 1020. The minimum Gasteiger partial charge on any atom is -0.356 e. The molecule has 4 rings (SSSR count). The van der Waals surface area contributed by atoms with Crippen LogP contribution in [0.2, 0.25) is 0 Å². The van der Waals surface area contributed by atoms with Gasteiger partial charge in [-0.2, -0.15) is 13.2 Å². The molecule has 0 aliphatic carbocycles. The molecule has 2 aromatic rings. The maximum atomic E-state index is 13.9. The van der Waals surface area contributed by atoms with E-state index < -0.39 is 11.7 Å². The number of alkyl halides is 3. The monoisotopic (exact) mass is 448 g/mol. The van der Waals surface area contributed by atoms with Gasteiger partial charge >= 0.3 is 6.18 Å². The second-order valence-corrected chi connectivity index (χ2v) is 8.43. The van der Waals surface area contributed by atoms with E-state index in [4.69, 9.17) is 0 Å². The van der Waals surface area contributed by atoms with E-state index in [1.54, 1.807) is 11.9 Å². The number of H-pyrrole nitrogens is 1. The van der Waals surface area contributed by atoms with Crippen LogP contribution in [0.1, 0.15) is 47.8 Å². The first-order chi connectivity index (χ1) is 15.2. The Morgan fingerprint density at radius 1 is 1.28 bits per heavy atom. The van der Waals surface area contributed by atoms with E-state index in [-0.39, 0.29) is 29.2 Å². The number of piperidine rings is 1. The Hall–Kier alpha value is -2.88. The smallest absolute Gasteiger partial charge is 0.356 e. The van der Waals surface area contributed by atoms with E-state index in [1.165, 1.54) is 6.20 Å². The molecule has 3 N–H and O–H groups in total. The van der Waals surface area contributed by atoms with Gasteiger partial charge in [-0.1, -0.05) is 11.6 Å². The van der Waals surface area contributed by atoms with E-state index in [9.17, 15) is 18.0 Å². The molecule has 0 bridgehead atoms. The van der Waals surface area contributed by atoms with Crippen LogP contribution < -0.4 is 10.6 Å². The molecule has 7 nitrogen and oxygen atoms in total. The molecule has 0 aromatic carbocycles. The highest BCUT2D eigenvalue weighted by Crippen LogP contribution is 2.39. The lowest BCUT2D eigenvalue weighted by atomic mass is 9.98. The molecule has 32 heavy (non-hydrogen) atoms. The normalized spacial score (nSPS) is 20.2. The van der Waals surface area contributed by atoms with Crippen molar-refractivity contribution in [2.24, 2.45) is 0 Å². The number of halogens is 3. The van der Waals surface area contributed by atoms with E-state index in [2.05, 4.69) is 25.6 Å². The maximum absolute atomic E-state index is 13.9. The van der Waals surface area contributed by atoms with Crippen molar-refractivity contribution < 1.29 is 18.0 Å². The number of allylic oxidation sites excluding steroid dienone is 1. The van der Waals surface area contributed by atoms with Gasteiger partial charge in [0.2, 0.25) is 5.95 Å². The highest BCUT2D eigenvalue weighted by Gasteiger charge is 2.37. The van der Waals surface area contributed by atoms with Crippen LogP contribution in [-0.4, -0.2) is 58.5 Å². The number of hydrogen-bond acceptors (Lipinski definition) is 5. The van der Waals surface area contributed by atoms with Gasteiger partial charge in [0.1, 0.15) is 11.3 Å². The largest absolute Gasteiger partial charge is 0.419 e. The number of rotatable bonds is 3. The lowest BCUT2D eigenvalue weighted by Gasteiger charge is -2.24. The second kappa shape index (κ2) is 8.93. The number of aromatic nitrogens is 3. The summed E-state index contributed by atoms with van der Waals surface area (Å²) in [5.74, 6) is -0.106. The van der Waals surface area contributed by atoms with Crippen LogP contribution in [-0.2, 0) is 12.6 Å². The summed E-state index contributed by atoms with van der Waals surface area (Å²) >= 11 is 0. The van der Waals surface area contributed by atoms with Gasteiger partial charge in [-0.3, -0.25) is 4.79 Å². The van der Waals surface area contributed by atoms with Crippen molar-refractivity contribution in [2.45, 2.75) is 44.8 Å². The molecule has 1 saturated heterocycles. The number of likely N-dealkylation sites (N-methyl/N-ethyl adjacent to an activating group) is 1. The average molecular weight is 448 g/mol. The van der Waals surface area contributed by atoms with Crippen LogP contribution in [0.4, 0.5) is 19.1 Å². The maximum Gasteiger partial charge on any atom is 0.419 e. The Balaban J connectivity index is 1.78. The zero-order valence-electron chi connectivity index (χ0n) is 18.1. The SMILES string of the molecule is CC1=CCN(C)C(=O)c2[nH]cc(-c3nc(NC4CCCNC4)ncc3C(F)(F)F)c2CC1. The lowest BCUT2D eigenvalue weighted by Crippen LogP contribution is -2.38. The molecular formula is C22H27F3N6O. The van der Waals surface area contributed by atoms with Crippen molar-refractivity contribution >= 4 is 11.9 Å². The number of aromatic amines is 1. The molecule has 2 aliphatic rings. The van der Waals surface area contributed by atoms with Crippen LogP contribution in [0.3, 0.4) is 0 Å². The lowest BCUT2D eigenvalue weighted by molar-refractivity contribution is -0.137. The Kier molecular flexibility index (Phi) is 6.23. The average Bonchev–Trinajstić information content (AvgIpc) is 3.19. The molecule has 1 fully saturated rings. The molecule has 1 unspecified atom stereocenters. The summed E-state index contributed by atoms with van der Waals surface area (Å²) < 4.78 is 41.6. The Labute approximate surface area is 184 Å². The standard InChI is InChI=1S/C22H27F3N6O/c1-13-5-6-15-16(11-27-19(15)20(32)31(2)9-7-13)18-17(22(23,24)25)12-28-21(30-18)29-14-4-3-8-26-10-14/h7,11-12,14,26-27H,3-6,8-10H2,1-2H3,(H,28,29,30). The number of carbonyl (C=O) groups is 1. The van der Waals surface area contributed by atoms with Gasteiger partial charge in [-0.15, -0.1) is 0 Å². The van der Waals surface area contributed by atoms with Crippen LogP contribution >= 0.6 is 0 Å². The molecule has 2 aromatic heterocycles. The minimum atomic E-state index is -4.63. The van der Waals surface area contributed by atoms with Gasteiger partial charge in [0.15, 0.2) is 0 Å². The quantitative estimate of drug-likeness (QED) is 0.625. The molecule has 1 atom stereocenters. The van der Waals surface area contributed by atoms with Gasteiger partial charge in [0.25, 0.3) is 5.91 Å². The molecular weight excluding hydrogens is 421 g/mol. The number of nitrogens with one attached hydrogen (secondary N) is 3. The third-order valence-corrected chi connectivity index (χ3v) is 6.01. The van der Waals surface area contributed by atoms with Crippen molar-refractivity contribution in [3.63, 3.8) is 0 Å². The van der Waals surface area contributed by atoms with Crippen molar-refractivity contribution in [1.82, 2.24) is 25.2 Å². The van der Waals surface area contributed by atoms with E-state index in [1.807, 2.05) is 13.0 Å². The number of anilines is 1. The molecule has 172 valence electrons. The molecule has 0 radical (unpaired) electrons. The number of hydrogen-bond donors (Lipinski definition) is 3. The van der Waals surface area contributed by atoms with Crippen molar-refractivity contribution in [1.29, 1.82) is 0 Å². The van der Waals surface area contributed by atoms with Crippen molar-refractivity contribution in [2.75, 3.05) is 32.0 Å². The highest BCUT2D eigenvalue weighted by atomic mass is 19.4. The molecule has 1 amide bonds. The van der Waals surface area contributed by atoms with Crippen LogP contribution in [0.15, 0.2) is 24.0 Å². The van der Waals surface area contributed by atoms with Crippen LogP contribution in [0.25, 0.3) is 11.3 Å². The third-order valence-electron chi connectivity index (χ3n) is 6.01. The third kappa shape index (κ3) is 4.64.